The molecule has 0 aliphatic heterocycles. The number of nitrogens with one attached hydrogen (secondary N) is 1. The van der Waals surface area contributed by atoms with E-state index >= 15 is 0 Å². The number of imidazole rings is 1. The van der Waals surface area contributed by atoms with Crippen LogP contribution >= 0.6 is 27.5 Å². The first kappa shape index (κ1) is 20.4. The Bertz CT molecular complexity index is 1160. The highest BCUT2D eigenvalue weighted by Crippen LogP contribution is 2.19. The summed E-state index contributed by atoms with van der Waals surface area (Å²) in [4.78, 5) is 17.0. The van der Waals surface area contributed by atoms with E-state index in [4.69, 9.17) is 21.3 Å². The Morgan fingerprint density at radius 2 is 1.77 bits per heavy atom. The lowest BCUT2D eigenvalue weighted by Gasteiger charge is -2.11. The normalized spacial score (nSPS) is 10.9. The second-order valence-corrected chi connectivity index (χ2v) is 8.10. The minimum Gasteiger partial charge on any atom is -0.484 e. The highest BCUT2D eigenvalue weighted by Gasteiger charge is 2.12. The highest BCUT2D eigenvalue weighted by molar-refractivity contribution is 9.10. The van der Waals surface area contributed by atoms with E-state index in [2.05, 4.69) is 37.9 Å². The molecule has 0 spiro atoms. The molecule has 0 fully saturated rings. The third kappa shape index (κ3) is 5.01. The van der Waals surface area contributed by atoms with Gasteiger partial charge < -0.3 is 14.6 Å². The van der Waals surface area contributed by atoms with Crippen molar-refractivity contribution >= 4 is 44.5 Å². The number of hydrogen-bond donors (Lipinski definition) is 1. The molecule has 1 heterocycles. The summed E-state index contributed by atoms with van der Waals surface area (Å²) in [7, 11) is 0. The zero-order valence-electron chi connectivity index (χ0n) is 16.0. The zero-order chi connectivity index (χ0) is 20.9. The number of ether oxygens (including phenoxy) is 1. The van der Waals surface area contributed by atoms with E-state index in [-0.39, 0.29) is 12.5 Å². The number of para-hydroxylation sites is 2. The molecule has 1 amide bonds. The summed E-state index contributed by atoms with van der Waals surface area (Å²) in [5, 5.41) is 3.52. The molecule has 0 saturated carbocycles. The van der Waals surface area contributed by atoms with Gasteiger partial charge in [0.25, 0.3) is 5.91 Å². The third-order valence-corrected chi connectivity index (χ3v) is 5.40. The van der Waals surface area contributed by atoms with E-state index in [0.29, 0.717) is 23.9 Å². The molecule has 0 bridgehead atoms. The predicted molar refractivity (Wildman–Crippen MR) is 122 cm³/mol. The fourth-order valence-electron chi connectivity index (χ4n) is 3.12. The van der Waals surface area contributed by atoms with Crippen LogP contribution in [0, 0.1) is 0 Å². The largest absolute Gasteiger partial charge is 0.484 e. The summed E-state index contributed by atoms with van der Waals surface area (Å²) >= 11 is 9.33. The maximum absolute atomic E-state index is 12.3. The number of halogens is 2. The summed E-state index contributed by atoms with van der Waals surface area (Å²) in [6.07, 6.45) is 0. The van der Waals surface area contributed by atoms with Crippen molar-refractivity contribution in [3.05, 3.63) is 93.7 Å². The monoisotopic (exact) mass is 483 g/mol. The van der Waals surface area contributed by atoms with Crippen LogP contribution in [0.4, 0.5) is 0 Å². The number of carbonyl (C=O) groups excluding carboxylic acids is 1. The van der Waals surface area contributed by atoms with E-state index in [1.807, 2.05) is 36.4 Å². The van der Waals surface area contributed by atoms with Crippen molar-refractivity contribution in [3.63, 3.8) is 0 Å². The van der Waals surface area contributed by atoms with Crippen LogP contribution in [0.15, 0.2) is 77.3 Å². The van der Waals surface area contributed by atoms with Crippen molar-refractivity contribution in [1.29, 1.82) is 0 Å². The highest BCUT2D eigenvalue weighted by atomic mass is 79.9. The number of fused-ring (bicyclic) bond motifs is 1. The van der Waals surface area contributed by atoms with Crippen LogP contribution in [-0.4, -0.2) is 22.1 Å². The Kier molecular flexibility index (Phi) is 6.35. The summed E-state index contributed by atoms with van der Waals surface area (Å²) in [5.41, 5.74) is 3.08. The van der Waals surface area contributed by atoms with Gasteiger partial charge in [0.15, 0.2) is 6.61 Å². The molecule has 0 atom stereocenters. The molecule has 4 rings (SSSR count). The van der Waals surface area contributed by atoms with Crippen LogP contribution in [0.1, 0.15) is 11.4 Å². The average Bonchev–Trinajstić information content (AvgIpc) is 3.11. The van der Waals surface area contributed by atoms with Crippen LogP contribution in [0.25, 0.3) is 11.0 Å². The smallest absolute Gasteiger partial charge is 0.258 e. The number of rotatable bonds is 7. The molecule has 1 N–H and O–H groups in total. The summed E-state index contributed by atoms with van der Waals surface area (Å²) < 4.78 is 8.67. The first-order valence-electron chi connectivity index (χ1n) is 9.42. The quantitative estimate of drug-likeness (QED) is 0.392. The Balaban J connectivity index is 1.45. The standard InChI is InChI=1S/C23H19BrClN3O2/c24-17-7-5-16(6-8-17)14-28-21-4-2-1-3-20(21)27-22(28)13-26-23(29)15-30-19-11-9-18(25)10-12-19/h1-12H,13-15H2,(H,26,29). The van der Waals surface area contributed by atoms with E-state index in [0.717, 1.165) is 26.9 Å². The fraction of sp³-hybridized carbons (Fsp3) is 0.130. The van der Waals surface area contributed by atoms with Crippen LogP contribution in [-0.2, 0) is 17.9 Å². The molecule has 30 heavy (non-hydrogen) atoms. The Hall–Kier alpha value is -2.83. The number of hydrogen-bond acceptors (Lipinski definition) is 3. The summed E-state index contributed by atoms with van der Waals surface area (Å²) in [6.45, 7) is 0.906. The average molecular weight is 485 g/mol. The second-order valence-electron chi connectivity index (χ2n) is 6.75. The van der Waals surface area contributed by atoms with E-state index in [1.54, 1.807) is 24.3 Å². The SMILES string of the molecule is O=C(COc1ccc(Cl)cc1)NCc1nc2ccccc2n1Cc1ccc(Br)cc1. The van der Waals surface area contributed by atoms with E-state index in [9.17, 15) is 4.79 Å². The molecule has 4 aromatic rings. The maximum Gasteiger partial charge on any atom is 0.258 e. The van der Waals surface area contributed by atoms with Crippen molar-refractivity contribution < 1.29 is 9.53 Å². The first-order chi connectivity index (χ1) is 14.6. The van der Waals surface area contributed by atoms with E-state index in [1.165, 1.54) is 0 Å². The molecule has 5 nitrogen and oxygen atoms in total. The van der Waals surface area contributed by atoms with Crippen molar-refractivity contribution in [2.75, 3.05) is 6.61 Å². The molecule has 152 valence electrons. The van der Waals surface area contributed by atoms with Gasteiger partial charge >= 0.3 is 0 Å². The molecule has 3 aromatic carbocycles. The van der Waals surface area contributed by atoms with Gasteiger partial charge in [-0.1, -0.05) is 51.8 Å². The number of benzene rings is 3. The zero-order valence-corrected chi connectivity index (χ0v) is 18.4. The summed E-state index contributed by atoms with van der Waals surface area (Å²) in [6, 6.07) is 23.0. The molecule has 1 aromatic heterocycles. The topological polar surface area (TPSA) is 56.1 Å². The molecule has 0 aliphatic carbocycles. The molecule has 7 heteroatoms. The molecule has 0 aliphatic rings. The van der Waals surface area contributed by atoms with Gasteiger partial charge in [0.1, 0.15) is 11.6 Å². The van der Waals surface area contributed by atoms with Crippen molar-refractivity contribution in [2.45, 2.75) is 13.1 Å². The van der Waals surface area contributed by atoms with Crippen LogP contribution in [0.3, 0.4) is 0 Å². The Morgan fingerprint density at radius 3 is 2.53 bits per heavy atom. The minimum absolute atomic E-state index is 0.0748. The fourth-order valence-corrected chi connectivity index (χ4v) is 3.51. The number of nitrogens with zero attached hydrogens (tertiary/aromatic N) is 2. The minimum atomic E-state index is -0.216. The number of aromatic nitrogens is 2. The molecule has 0 radical (unpaired) electrons. The molecule has 0 unspecified atom stereocenters. The van der Waals surface area contributed by atoms with Crippen LogP contribution in [0.2, 0.25) is 5.02 Å². The Labute approximate surface area is 187 Å². The predicted octanol–water partition coefficient (Wildman–Crippen LogP) is 5.20. The first-order valence-corrected chi connectivity index (χ1v) is 10.6. The number of carbonyl (C=O) groups is 1. The lowest BCUT2D eigenvalue weighted by molar-refractivity contribution is -0.123. The maximum atomic E-state index is 12.3. The second kappa shape index (κ2) is 9.32. The van der Waals surface area contributed by atoms with Gasteiger partial charge in [-0.15, -0.1) is 0 Å². The van der Waals surface area contributed by atoms with Gasteiger partial charge in [0, 0.05) is 16.0 Å². The van der Waals surface area contributed by atoms with Gasteiger partial charge in [-0.25, -0.2) is 4.98 Å². The van der Waals surface area contributed by atoms with Gasteiger partial charge in [-0.2, -0.15) is 0 Å². The lowest BCUT2D eigenvalue weighted by Crippen LogP contribution is -2.29. The Morgan fingerprint density at radius 1 is 1.03 bits per heavy atom. The van der Waals surface area contributed by atoms with Crippen molar-refractivity contribution in [3.8, 4) is 5.75 Å². The lowest BCUT2D eigenvalue weighted by atomic mass is 10.2. The molecular formula is C23H19BrClN3O2. The van der Waals surface area contributed by atoms with Crippen molar-refractivity contribution in [1.82, 2.24) is 14.9 Å². The van der Waals surface area contributed by atoms with Crippen LogP contribution in [0.5, 0.6) is 5.75 Å². The van der Waals surface area contributed by atoms with Crippen LogP contribution < -0.4 is 10.1 Å². The third-order valence-electron chi connectivity index (χ3n) is 4.61. The van der Waals surface area contributed by atoms with Gasteiger partial charge in [-0.3, -0.25) is 4.79 Å². The van der Waals surface area contributed by atoms with Gasteiger partial charge in [-0.05, 0) is 54.1 Å². The molecule has 0 saturated heterocycles. The van der Waals surface area contributed by atoms with Gasteiger partial charge in [0.2, 0.25) is 0 Å². The van der Waals surface area contributed by atoms with Crippen molar-refractivity contribution in [2.24, 2.45) is 0 Å². The van der Waals surface area contributed by atoms with E-state index < -0.39 is 0 Å². The van der Waals surface area contributed by atoms with Gasteiger partial charge in [0.05, 0.1) is 17.6 Å². The molecular weight excluding hydrogens is 466 g/mol. The summed E-state index contributed by atoms with van der Waals surface area (Å²) in [5.74, 6) is 1.17. The number of amides is 1.